The fourth-order valence-electron chi connectivity index (χ4n) is 2.75. The van der Waals surface area contributed by atoms with Crippen molar-refractivity contribution < 1.29 is 14.3 Å². The lowest BCUT2D eigenvalue weighted by Gasteiger charge is -2.23. The van der Waals surface area contributed by atoms with Crippen molar-refractivity contribution in [1.82, 2.24) is 9.78 Å². The first-order valence-electron chi connectivity index (χ1n) is 9.03. The zero-order chi connectivity index (χ0) is 20.6. The molecular weight excluding hydrogens is 342 g/mol. The van der Waals surface area contributed by atoms with Crippen LogP contribution in [-0.4, -0.2) is 29.9 Å². The molecule has 148 valence electrons. The van der Waals surface area contributed by atoms with E-state index >= 15 is 0 Å². The molecule has 2 aromatic rings. The third kappa shape index (κ3) is 4.43. The zero-order valence-corrected chi connectivity index (χ0v) is 17.9. The Labute approximate surface area is 161 Å². The van der Waals surface area contributed by atoms with Gasteiger partial charge in [-0.15, -0.1) is 0 Å². The molecule has 6 heteroatoms. The van der Waals surface area contributed by atoms with Gasteiger partial charge in [-0.25, -0.2) is 4.68 Å². The van der Waals surface area contributed by atoms with Gasteiger partial charge in [0.1, 0.15) is 17.3 Å². The van der Waals surface area contributed by atoms with Crippen LogP contribution in [0.1, 0.15) is 63.2 Å². The molecule has 2 rings (SSSR count). The Hall–Kier alpha value is -2.50. The van der Waals surface area contributed by atoms with Crippen molar-refractivity contribution in [2.24, 2.45) is 0 Å². The second kappa shape index (κ2) is 7.25. The SMILES string of the molecule is COc1cc(C(=O)Nc2cc(C(C)(C)C)nn2C(C)(C)C)cc(OC)c1C. The Kier molecular flexibility index (Phi) is 5.59. The summed E-state index contributed by atoms with van der Waals surface area (Å²) >= 11 is 0. The van der Waals surface area contributed by atoms with Gasteiger partial charge in [-0.3, -0.25) is 4.79 Å². The van der Waals surface area contributed by atoms with E-state index in [0.717, 1.165) is 11.3 Å². The molecule has 0 radical (unpaired) electrons. The van der Waals surface area contributed by atoms with Gasteiger partial charge in [-0.2, -0.15) is 5.10 Å². The average Bonchev–Trinajstić information content (AvgIpc) is 2.99. The monoisotopic (exact) mass is 373 g/mol. The number of methoxy groups -OCH3 is 2. The number of benzene rings is 1. The summed E-state index contributed by atoms with van der Waals surface area (Å²) in [4.78, 5) is 12.9. The summed E-state index contributed by atoms with van der Waals surface area (Å²) in [5.41, 5.74) is 1.85. The quantitative estimate of drug-likeness (QED) is 0.856. The van der Waals surface area contributed by atoms with E-state index in [1.807, 2.05) is 17.7 Å². The van der Waals surface area contributed by atoms with Crippen LogP contribution in [0.15, 0.2) is 18.2 Å². The van der Waals surface area contributed by atoms with E-state index in [9.17, 15) is 4.79 Å². The maximum Gasteiger partial charge on any atom is 0.257 e. The van der Waals surface area contributed by atoms with E-state index in [-0.39, 0.29) is 16.9 Å². The van der Waals surface area contributed by atoms with Gasteiger partial charge in [0.2, 0.25) is 0 Å². The smallest absolute Gasteiger partial charge is 0.257 e. The van der Waals surface area contributed by atoms with Crippen molar-refractivity contribution in [3.05, 3.63) is 35.0 Å². The molecule has 0 bridgehead atoms. The molecule has 0 fully saturated rings. The minimum absolute atomic E-state index is 0.119. The Morgan fingerprint density at radius 3 is 1.93 bits per heavy atom. The predicted octanol–water partition coefficient (Wildman–Crippen LogP) is 4.51. The minimum Gasteiger partial charge on any atom is -0.496 e. The minimum atomic E-state index is -0.269. The Bertz CT molecular complexity index is 814. The average molecular weight is 373 g/mol. The van der Waals surface area contributed by atoms with Crippen molar-refractivity contribution in [2.45, 2.75) is 59.4 Å². The number of amides is 1. The summed E-state index contributed by atoms with van der Waals surface area (Å²) in [7, 11) is 3.15. The summed E-state index contributed by atoms with van der Waals surface area (Å²) in [6, 6.07) is 5.37. The number of nitrogens with one attached hydrogen (secondary N) is 1. The van der Waals surface area contributed by atoms with E-state index in [4.69, 9.17) is 14.6 Å². The molecule has 6 nitrogen and oxygen atoms in total. The third-order valence-electron chi connectivity index (χ3n) is 4.37. The van der Waals surface area contributed by atoms with Gasteiger partial charge in [0.15, 0.2) is 0 Å². The second-order valence-electron chi connectivity index (χ2n) is 8.71. The number of ether oxygens (including phenoxy) is 2. The van der Waals surface area contributed by atoms with Gasteiger partial charge in [-0.1, -0.05) is 20.8 Å². The fraction of sp³-hybridized carbons (Fsp3) is 0.524. The molecule has 1 heterocycles. The van der Waals surface area contributed by atoms with E-state index < -0.39 is 0 Å². The van der Waals surface area contributed by atoms with Crippen LogP contribution in [0.5, 0.6) is 11.5 Å². The van der Waals surface area contributed by atoms with Gasteiger partial charge < -0.3 is 14.8 Å². The number of hydrogen-bond donors (Lipinski definition) is 1. The van der Waals surface area contributed by atoms with Crippen molar-refractivity contribution >= 4 is 11.7 Å². The van der Waals surface area contributed by atoms with E-state index in [1.165, 1.54) is 0 Å². The lowest BCUT2D eigenvalue weighted by atomic mass is 9.92. The number of hydrogen-bond acceptors (Lipinski definition) is 4. The highest BCUT2D eigenvalue weighted by molar-refractivity contribution is 6.04. The largest absolute Gasteiger partial charge is 0.496 e. The first-order valence-corrected chi connectivity index (χ1v) is 9.03. The lowest BCUT2D eigenvalue weighted by molar-refractivity contribution is 0.102. The molecular formula is C21H31N3O3. The molecule has 0 spiro atoms. The lowest BCUT2D eigenvalue weighted by Crippen LogP contribution is -2.27. The molecule has 0 aliphatic carbocycles. The van der Waals surface area contributed by atoms with Crippen molar-refractivity contribution in [3.8, 4) is 11.5 Å². The number of carbonyl (C=O) groups excluding carboxylic acids is 1. The van der Waals surface area contributed by atoms with Crippen LogP contribution in [0.2, 0.25) is 0 Å². The van der Waals surface area contributed by atoms with Gasteiger partial charge >= 0.3 is 0 Å². The normalized spacial score (nSPS) is 12.0. The van der Waals surface area contributed by atoms with Crippen molar-refractivity contribution in [3.63, 3.8) is 0 Å². The summed E-state index contributed by atoms with van der Waals surface area (Å²) in [6.45, 7) is 14.4. The van der Waals surface area contributed by atoms with Gasteiger partial charge in [0.25, 0.3) is 5.91 Å². The summed E-state index contributed by atoms with van der Waals surface area (Å²) < 4.78 is 12.6. The standard InChI is InChI=1S/C21H31N3O3/c1-13-15(26-8)10-14(11-16(13)27-9)19(25)22-18-12-17(20(2,3)4)23-24(18)21(5,6)7/h10-12H,1-9H3,(H,22,25). The van der Waals surface area contributed by atoms with Crippen LogP contribution in [0.25, 0.3) is 0 Å². The van der Waals surface area contributed by atoms with Gasteiger partial charge in [0, 0.05) is 22.6 Å². The van der Waals surface area contributed by atoms with E-state index in [2.05, 4.69) is 46.9 Å². The molecule has 27 heavy (non-hydrogen) atoms. The molecule has 0 aliphatic rings. The molecule has 0 atom stereocenters. The van der Waals surface area contributed by atoms with Crippen LogP contribution in [0.4, 0.5) is 5.82 Å². The predicted molar refractivity (Wildman–Crippen MR) is 108 cm³/mol. The van der Waals surface area contributed by atoms with E-state index in [0.29, 0.717) is 22.9 Å². The number of aromatic nitrogens is 2. The van der Waals surface area contributed by atoms with Crippen molar-refractivity contribution in [2.75, 3.05) is 19.5 Å². The maximum absolute atomic E-state index is 12.9. The molecule has 1 N–H and O–H groups in total. The van der Waals surface area contributed by atoms with Crippen LogP contribution in [-0.2, 0) is 11.0 Å². The molecule has 0 unspecified atom stereocenters. The first kappa shape index (κ1) is 20.8. The topological polar surface area (TPSA) is 65.4 Å². The molecule has 0 aliphatic heterocycles. The first-order chi connectivity index (χ1) is 12.4. The Morgan fingerprint density at radius 2 is 1.52 bits per heavy atom. The molecule has 1 amide bonds. The van der Waals surface area contributed by atoms with Crippen LogP contribution < -0.4 is 14.8 Å². The highest BCUT2D eigenvalue weighted by Crippen LogP contribution is 2.31. The van der Waals surface area contributed by atoms with Crippen LogP contribution in [0.3, 0.4) is 0 Å². The molecule has 1 aromatic heterocycles. The van der Waals surface area contributed by atoms with Crippen LogP contribution >= 0.6 is 0 Å². The van der Waals surface area contributed by atoms with Gasteiger partial charge in [-0.05, 0) is 39.8 Å². The summed E-state index contributed by atoms with van der Waals surface area (Å²) in [5.74, 6) is 1.65. The number of rotatable bonds is 4. The Balaban J connectivity index is 2.45. The molecule has 1 aromatic carbocycles. The second-order valence-corrected chi connectivity index (χ2v) is 8.71. The van der Waals surface area contributed by atoms with Gasteiger partial charge in [0.05, 0.1) is 25.5 Å². The highest BCUT2D eigenvalue weighted by atomic mass is 16.5. The highest BCUT2D eigenvalue weighted by Gasteiger charge is 2.26. The fourth-order valence-corrected chi connectivity index (χ4v) is 2.75. The van der Waals surface area contributed by atoms with Crippen molar-refractivity contribution in [1.29, 1.82) is 0 Å². The summed E-state index contributed by atoms with van der Waals surface area (Å²) in [6.07, 6.45) is 0. The maximum atomic E-state index is 12.9. The molecule has 0 saturated carbocycles. The Morgan fingerprint density at radius 1 is 1.00 bits per heavy atom. The number of nitrogens with zero attached hydrogens (tertiary/aromatic N) is 2. The number of carbonyl (C=O) groups is 1. The zero-order valence-electron chi connectivity index (χ0n) is 17.9. The third-order valence-corrected chi connectivity index (χ3v) is 4.37. The van der Waals surface area contributed by atoms with E-state index in [1.54, 1.807) is 26.4 Å². The molecule has 0 saturated heterocycles. The number of anilines is 1. The summed E-state index contributed by atoms with van der Waals surface area (Å²) in [5, 5.41) is 7.73. The van der Waals surface area contributed by atoms with Crippen LogP contribution in [0, 0.1) is 6.92 Å².